The molecule has 8 nitrogen and oxygen atoms in total. The molecule has 0 aliphatic carbocycles. The Kier molecular flexibility index (Phi) is 8.23. The fourth-order valence-corrected chi connectivity index (χ4v) is 3.88. The highest BCUT2D eigenvalue weighted by atomic mass is 19.4. The molecule has 0 saturated carbocycles. The van der Waals surface area contributed by atoms with E-state index in [0.29, 0.717) is 35.5 Å². The molecule has 0 fully saturated rings. The molecule has 0 unspecified atom stereocenters. The van der Waals surface area contributed by atoms with Crippen LogP contribution in [0.4, 0.5) is 34.1 Å². The number of urea groups is 2. The maximum atomic E-state index is 13.2. The van der Waals surface area contributed by atoms with Crippen LogP contribution in [0, 0.1) is 0 Å². The third-order valence-electron chi connectivity index (χ3n) is 5.52. The summed E-state index contributed by atoms with van der Waals surface area (Å²) in [6, 6.07) is 8.92. The van der Waals surface area contributed by atoms with Crippen LogP contribution in [0.5, 0.6) is 0 Å². The van der Waals surface area contributed by atoms with Crippen LogP contribution >= 0.6 is 0 Å². The number of benzene rings is 2. The van der Waals surface area contributed by atoms with Crippen LogP contribution in [-0.4, -0.2) is 36.1 Å². The largest absolute Gasteiger partial charge is 0.463 e. The van der Waals surface area contributed by atoms with E-state index in [1.165, 1.54) is 29.2 Å². The summed E-state index contributed by atoms with van der Waals surface area (Å²) < 4.78 is 44.7. The quantitative estimate of drug-likeness (QED) is 0.424. The second kappa shape index (κ2) is 11.1. The number of alkyl halides is 3. The summed E-state index contributed by atoms with van der Waals surface area (Å²) in [4.78, 5) is 39.2. The smallest absolute Gasteiger partial charge is 0.418 e. The first-order chi connectivity index (χ1) is 17.1. The number of esters is 1. The minimum absolute atomic E-state index is 0.166. The summed E-state index contributed by atoms with van der Waals surface area (Å²) >= 11 is 0. The summed E-state index contributed by atoms with van der Waals surface area (Å²) in [5, 5.41) is 7.51. The number of carbonyl (C=O) groups excluding carboxylic acids is 3. The van der Waals surface area contributed by atoms with Crippen molar-refractivity contribution in [3.63, 3.8) is 0 Å². The lowest BCUT2D eigenvalue weighted by molar-refractivity contribution is -0.139. The van der Waals surface area contributed by atoms with E-state index < -0.39 is 29.8 Å². The van der Waals surface area contributed by atoms with E-state index in [4.69, 9.17) is 4.74 Å². The van der Waals surface area contributed by atoms with Gasteiger partial charge in [-0.2, -0.15) is 13.2 Å². The molecule has 0 saturated heterocycles. The predicted molar refractivity (Wildman–Crippen MR) is 128 cm³/mol. The molecule has 3 rings (SSSR count). The minimum atomic E-state index is -4.62. The van der Waals surface area contributed by atoms with Crippen molar-refractivity contribution < 1.29 is 32.3 Å². The van der Waals surface area contributed by atoms with E-state index in [9.17, 15) is 27.6 Å². The molecule has 4 amide bonds. The van der Waals surface area contributed by atoms with Crippen molar-refractivity contribution in [2.24, 2.45) is 0 Å². The molecule has 0 aromatic heterocycles. The average molecular weight is 505 g/mol. The highest BCUT2D eigenvalue weighted by Gasteiger charge is 2.36. The van der Waals surface area contributed by atoms with Crippen LogP contribution in [0.1, 0.15) is 44.4 Å². The predicted octanol–water partition coefficient (Wildman–Crippen LogP) is 5.66. The Morgan fingerprint density at radius 2 is 1.72 bits per heavy atom. The van der Waals surface area contributed by atoms with Crippen molar-refractivity contribution in [2.45, 2.75) is 39.4 Å². The van der Waals surface area contributed by atoms with Crippen molar-refractivity contribution in [1.29, 1.82) is 0 Å². The normalized spacial score (nSPS) is 15.9. The van der Waals surface area contributed by atoms with Crippen LogP contribution in [0.2, 0.25) is 0 Å². The third-order valence-corrected chi connectivity index (χ3v) is 5.52. The lowest BCUT2D eigenvalue weighted by Crippen LogP contribution is -2.48. The Morgan fingerprint density at radius 1 is 1.06 bits per heavy atom. The zero-order chi connectivity index (χ0) is 26.5. The molecular weight excluding hydrogens is 477 g/mol. The molecule has 36 heavy (non-hydrogen) atoms. The molecule has 2 aromatic carbocycles. The molecule has 3 N–H and O–H groups in total. The van der Waals surface area contributed by atoms with E-state index in [1.54, 1.807) is 26.0 Å². The molecule has 11 heteroatoms. The number of nitrogens with zero attached hydrogens (tertiary/aromatic N) is 1. The van der Waals surface area contributed by atoms with E-state index in [1.807, 2.05) is 6.92 Å². The van der Waals surface area contributed by atoms with Gasteiger partial charge in [-0.15, -0.1) is 0 Å². The van der Waals surface area contributed by atoms with Gasteiger partial charge in [0.2, 0.25) is 0 Å². The second-order valence-corrected chi connectivity index (χ2v) is 8.00. The van der Waals surface area contributed by atoms with Gasteiger partial charge in [0.15, 0.2) is 0 Å². The number of amides is 4. The number of allylic oxidation sites excluding steroid dienone is 1. The SMILES string of the molecule is CCCN1C(=O)N[C@H](c2ccc(NC(=O)Nc3ccccc3C(F)(F)F)cc2)C(C(=O)OCC)=C1C. The summed E-state index contributed by atoms with van der Waals surface area (Å²) in [5.41, 5.74) is 0.319. The molecule has 2 aromatic rings. The molecule has 1 heterocycles. The van der Waals surface area contributed by atoms with Gasteiger partial charge in [0.05, 0.1) is 29.5 Å². The first-order valence-electron chi connectivity index (χ1n) is 11.4. The van der Waals surface area contributed by atoms with E-state index >= 15 is 0 Å². The molecule has 1 aliphatic heterocycles. The zero-order valence-corrected chi connectivity index (χ0v) is 20.0. The van der Waals surface area contributed by atoms with Gasteiger partial charge in [-0.25, -0.2) is 14.4 Å². The van der Waals surface area contributed by atoms with Gasteiger partial charge < -0.3 is 20.7 Å². The molecule has 1 aliphatic rings. The topological polar surface area (TPSA) is 99.8 Å². The molecule has 0 bridgehead atoms. The number of halogens is 3. The van der Waals surface area contributed by atoms with Crippen molar-refractivity contribution in [2.75, 3.05) is 23.8 Å². The number of para-hydroxylation sites is 1. The summed E-state index contributed by atoms with van der Waals surface area (Å²) in [6.45, 7) is 5.89. The van der Waals surface area contributed by atoms with E-state index in [-0.39, 0.29) is 18.3 Å². The van der Waals surface area contributed by atoms with Crippen LogP contribution < -0.4 is 16.0 Å². The first kappa shape index (κ1) is 26.6. The van der Waals surface area contributed by atoms with Crippen LogP contribution in [-0.2, 0) is 15.7 Å². The van der Waals surface area contributed by atoms with E-state index in [0.717, 1.165) is 12.1 Å². The number of nitrogens with one attached hydrogen (secondary N) is 3. The summed E-state index contributed by atoms with van der Waals surface area (Å²) in [5.74, 6) is -0.550. The van der Waals surface area contributed by atoms with Crippen molar-refractivity contribution in [3.05, 3.63) is 70.9 Å². The number of anilines is 2. The van der Waals surface area contributed by atoms with Gasteiger partial charge in [0, 0.05) is 17.9 Å². The van der Waals surface area contributed by atoms with Gasteiger partial charge in [0.1, 0.15) is 0 Å². The Labute approximate surface area is 206 Å². The highest BCUT2D eigenvalue weighted by molar-refractivity contribution is 6.00. The Balaban J connectivity index is 1.80. The number of ether oxygens (including phenoxy) is 1. The standard InChI is InChI=1S/C25H27F3N4O4/c1-4-14-32-15(3)20(22(33)36-5-2)21(31-24(32)35)16-10-12-17(13-11-16)29-23(34)30-19-9-7-6-8-18(19)25(26,27)28/h6-13,21H,4-5,14H2,1-3H3,(H,31,35)(H2,29,30,34)/t21-/m1/s1. The zero-order valence-electron chi connectivity index (χ0n) is 20.0. The van der Waals surface area contributed by atoms with Gasteiger partial charge in [-0.3, -0.25) is 4.90 Å². The van der Waals surface area contributed by atoms with Crippen LogP contribution in [0.15, 0.2) is 59.8 Å². The monoisotopic (exact) mass is 504 g/mol. The lowest BCUT2D eigenvalue weighted by atomic mass is 9.94. The third kappa shape index (κ3) is 5.96. The average Bonchev–Trinajstić information content (AvgIpc) is 2.81. The fraction of sp³-hybridized carbons (Fsp3) is 0.320. The van der Waals surface area contributed by atoms with Gasteiger partial charge >= 0.3 is 24.2 Å². The number of hydrogen-bond donors (Lipinski definition) is 3. The van der Waals surface area contributed by atoms with Crippen LogP contribution in [0.25, 0.3) is 0 Å². The Hall–Kier alpha value is -4.02. The highest BCUT2D eigenvalue weighted by Crippen LogP contribution is 2.35. The lowest BCUT2D eigenvalue weighted by Gasteiger charge is -2.35. The van der Waals surface area contributed by atoms with Crippen LogP contribution in [0.3, 0.4) is 0 Å². The maximum Gasteiger partial charge on any atom is 0.418 e. The number of rotatable bonds is 7. The Morgan fingerprint density at radius 3 is 2.33 bits per heavy atom. The second-order valence-electron chi connectivity index (χ2n) is 8.00. The van der Waals surface area contributed by atoms with Gasteiger partial charge in [-0.05, 0) is 50.1 Å². The number of hydrogen-bond acceptors (Lipinski definition) is 4. The fourth-order valence-electron chi connectivity index (χ4n) is 3.88. The van der Waals surface area contributed by atoms with Crippen molar-refractivity contribution in [3.8, 4) is 0 Å². The van der Waals surface area contributed by atoms with Crippen molar-refractivity contribution >= 4 is 29.4 Å². The minimum Gasteiger partial charge on any atom is -0.463 e. The van der Waals surface area contributed by atoms with Gasteiger partial charge in [-0.1, -0.05) is 31.2 Å². The molecule has 1 atom stereocenters. The summed E-state index contributed by atoms with van der Waals surface area (Å²) in [7, 11) is 0. The molecule has 0 spiro atoms. The Bertz CT molecular complexity index is 1160. The first-order valence-corrected chi connectivity index (χ1v) is 11.4. The molecular formula is C25H27F3N4O4. The maximum absolute atomic E-state index is 13.2. The number of carbonyl (C=O) groups is 3. The van der Waals surface area contributed by atoms with E-state index in [2.05, 4.69) is 16.0 Å². The van der Waals surface area contributed by atoms with Crippen molar-refractivity contribution in [1.82, 2.24) is 10.2 Å². The van der Waals surface area contributed by atoms with Gasteiger partial charge in [0.25, 0.3) is 0 Å². The molecule has 0 radical (unpaired) electrons. The summed E-state index contributed by atoms with van der Waals surface area (Å²) in [6.07, 6.45) is -3.92. The molecule has 192 valence electrons.